The summed E-state index contributed by atoms with van der Waals surface area (Å²) in [5.41, 5.74) is 1.19. The molecular formula is C21H29ClN2O2. The van der Waals surface area contributed by atoms with E-state index in [2.05, 4.69) is 4.90 Å². The monoisotopic (exact) mass is 376 g/mol. The molecule has 1 N–H and O–H groups in total. The minimum atomic E-state index is 0.191. The molecule has 1 aromatic carbocycles. The first-order chi connectivity index (χ1) is 12.6. The molecule has 0 aromatic heterocycles. The molecule has 5 heteroatoms. The average molecular weight is 377 g/mol. The maximum atomic E-state index is 12.7. The van der Waals surface area contributed by atoms with Crippen LogP contribution >= 0.6 is 11.6 Å². The lowest BCUT2D eigenvalue weighted by Crippen LogP contribution is -2.48. The number of rotatable bonds is 4. The molecule has 0 bridgehead atoms. The molecule has 1 aromatic rings. The van der Waals surface area contributed by atoms with Gasteiger partial charge in [0, 0.05) is 49.8 Å². The molecule has 1 amide bonds. The van der Waals surface area contributed by atoms with E-state index >= 15 is 0 Å². The molecule has 2 aliphatic heterocycles. The van der Waals surface area contributed by atoms with Gasteiger partial charge in [-0.25, -0.2) is 0 Å². The van der Waals surface area contributed by atoms with E-state index in [0.29, 0.717) is 17.4 Å². The Hall–Kier alpha value is -1.10. The van der Waals surface area contributed by atoms with Gasteiger partial charge in [0.1, 0.15) is 0 Å². The third kappa shape index (κ3) is 3.51. The molecular weight excluding hydrogens is 348 g/mol. The van der Waals surface area contributed by atoms with Crippen LogP contribution in [0.3, 0.4) is 0 Å². The summed E-state index contributed by atoms with van der Waals surface area (Å²) in [6.45, 7) is 4.05. The highest BCUT2D eigenvalue weighted by atomic mass is 35.5. The lowest BCUT2D eigenvalue weighted by atomic mass is 9.71. The van der Waals surface area contributed by atoms with Crippen molar-refractivity contribution in [3.8, 4) is 0 Å². The molecule has 3 aliphatic rings. The molecule has 1 saturated carbocycles. The molecule has 1 aliphatic carbocycles. The number of aliphatic hydroxyl groups is 1. The topological polar surface area (TPSA) is 43.8 Å². The van der Waals surface area contributed by atoms with Crippen LogP contribution in [0, 0.1) is 11.3 Å². The van der Waals surface area contributed by atoms with Crippen LogP contribution < -0.4 is 0 Å². The Morgan fingerprint density at radius 2 is 2.04 bits per heavy atom. The van der Waals surface area contributed by atoms with Crippen molar-refractivity contribution in [2.75, 3.05) is 32.8 Å². The molecule has 3 fully saturated rings. The number of benzene rings is 1. The highest BCUT2D eigenvalue weighted by Gasteiger charge is 2.49. The summed E-state index contributed by atoms with van der Waals surface area (Å²) in [6, 6.07) is 8.31. The molecule has 142 valence electrons. The van der Waals surface area contributed by atoms with Crippen LogP contribution in [0.15, 0.2) is 24.3 Å². The van der Waals surface area contributed by atoms with Gasteiger partial charge >= 0.3 is 0 Å². The number of hydrogen-bond donors (Lipinski definition) is 1. The number of amides is 1. The quantitative estimate of drug-likeness (QED) is 0.878. The van der Waals surface area contributed by atoms with Crippen molar-refractivity contribution >= 4 is 17.5 Å². The van der Waals surface area contributed by atoms with E-state index in [4.69, 9.17) is 11.6 Å². The van der Waals surface area contributed by atoms with Crippen LogP contribution in [-0.4, -0.2) is 59.6 Å². The third-order valence-electron chi connectivity index (χ3n) is 7.01. The van der Waals surface area contributed by atoms with Crippen LogP contribution in [0.5, 0.6) is 0 Å². The summed E-state index contributed by atoms with van der Waals surface area (Å²) in [5.74, 6) is 0.560. The van der Waals surface area contributed by atoms with E-state index in [1.54, 1.807) is 0 Å². The first kappa shape index (κ1) is 18.3. The van der Waals surface area contributed by atoms with Crippen LogP contribution in [0.1, 0.15) is 37.7 Å². The normalized spacial score (nSPS) is 26.2. The fourth-order valence-electron chi connectivity index (χ4n) is 5.06. The van der Waals surface area contributed by atoms with E-state index in [1.807, 2.05) is 29.2 Å². The smallest absolute Gasteiger partial charge is 0.226 e. The Balaban J connectivity index is 1.36. The molecule has 2 heterocycles. The van der Waals surface area contributed by atoms with Gasteiger partial charge < -0.3 is 10.0 Å². The van der Waals surface area contributed by atoms with E-state index in [0.717, 1.165) is 50.6 Å². The Kier molecular flexibility index (Phi) is 5.27. The van der Waals surface area contributed by atoms with Gasteiger partial charge in [-0.1, -0.05) is 30.2 Å². The number of carbonyl (C=O) groups excluding carboxylic acids is 1. The molecule has 26 heavy (non-hydrogen) atoms. The van der Waals surface area contributed by atoms with Crippen molar-refractivity contribution < 1.29 is 9.90 Å². The second-order valence-corrected chi connectivity index (χ2v) is 8.88. The Labute approximate surface area is 161 Å². The predicted molar refractivity (Wildman–Crippen MR) is 103 cm³/mol. The van der Waals surface area contributed by atoms with Crippen molar-refractivity contribution in [2.45, 2.75) is 44.6 Å². The number of carbonyl (C=O) groups is 1. The number of piperidine rings is 1. The van der Waals surface area contributed by atoms with E-state index in [9.17, 15) is 9.90 Å². The van der Waals surface area contributed by atoms with Crippen LogP contribution in [-0.2, 0) is 11.2 Å². The van der Waals surface area contributed by atoms with Crippen LogP contribution in [0.25, 0.3) is 0 Å². The van der Waals surface area contributed by atoms with Crippen molar-refractivity contribution in [1.29, 1.82) is 0 Å². The summed E-state index contributed by atoms with van der Waals surface area (Å²) in [4.78, 5) is 17.3. The maximum Gasteiger partial charge on any atom is 0.226 e. The van der Waals surface area contributed by atoms with E-state index < -0.39 is 0 Å². The fraction of sp³-hybridized carbons (Fsp3) is 0.667. The fourth-order valence-corrected chi connectivity index (χ4v) is 5.27. The lowest BCUT2D eigenvalue weighted by Gasteiger charge is -2.43. The van der Waals surface area contributed by atoms with Crippen molar-refractivity contribution in [2.24, 2.45) is 11.3 Å². The third-order valence-corrected chi connectivity index (χ3v) is 7.24. The van der Waals surface area contributed by atoms with Gasteiger partial charge in [-0.3, -0.25) is 9.69 Å². The average Bonchev–Trinajstić information content (AvgIpc) is 2.91. The number of hydrogen-bond acceptors (Lipinski definition) is 3. The van der Waals surface area contributed by atoms with Crippen molar-refractivity contribution in [1.82, 2.24) is 9.80 Å². The van der Waals surface area contributed by atoms with Gasteiger partial charge in [-0.15, -0.1) is 0 Å². The zero-order valence-corrected chi connectivity index (χ0v) is 16.1. The second kappa shape index (κ2) is 7.49. The van der Waals surface area contributed by atoms with E-state index in [-0.39, 0.29) is 17.9 Å². The molecule has 4 rings (SSSR count). The summed E-state index contributed by atoms with van der Waals surface area (Å²) in [5, 5.41) is 10.6. The lowest BCUT2D eigenvalue weighted by molar-refractivity contribution is -0.133. The molecule has 0 radical (unpaired) electrons. The van der Waals surface area contributed by atoms with Crippen molar-refractivity contribution in [3.63, 3.8) is 0 Å². The van der Waals surface area contributed by atoms with Gasteiger partial charge in [0.25, 0.3) is 0 Å². The molecule has 1 spiro atoms. The molecule has 4 nitrogen and oxygen atoms in total. The SMILES string of the molecule is O=C(Cc1cccc(Cl)c1)N1CCC2(CC1)CN(C1CCC1)CC2CO. The Bertz CT molecular complexity index is 653. The van der Waals surface area contributed by atoms with Crippen LogP contribution in [0.4, 0.5) is 0 Å². The maximum absolute atomic E-state index is 12.7. The molecule has 1 unspecified atom stereocenters. The minimum Gasteiger partial charge on any atom is -0.396 e. The number of halogens is 1. The number of likely N-dealkylation sites (tertiary alicyclic amines) is 2. The zero-order chi connectivity index (χ0) is 18.1. The highest BCUT2D eigenvalue weighted by molar-refractivity contribution is 6.30. The van der Waals surface area contributed by atoms with E-state index in [1.165, 1.54) is 19.3 Å². The van der Waals surface area contributed by atoms with Gasteiger partial charge in [-0.2, -0.15) is 0 Å². The summed E-state index contributed by atoms with van der Waals surface area (Å²) < 4.78 is 0. The largest absolute Gasteiger partial charge is 0.396 e. The summed E-state index contributed by atoms with van der Waals surface area (Å²) in [7, 11) is 0. The Morgan fingerprint density at radius 1 is 1.27 bits per heavy atom. The minimum absolute atomic E-state index is 0.191. The summed E-state index contributed by atoms with van der Waals surface area (Å²) in [6.07, 6.45) is 6.44. The Morgan fingerprint density at radius 3 is 2.65 bits per heavy atom. The van der Waals surface area contributed by atoms with Gasteiger partial charge in [0.15, 0.2) is 0 Å². The first-order valence-electron chi connectivity index (χ1n) is 9.97. The molecule has 2 saturated heterocycles. The second-order valence-electron chi connectivity index (χ2n) is 8.44. The standard InChI is InChI=1S/C21H29ClN2O2/c22-18-4-1-3-16(11-18)12-20(26)23-9-7-21(8-10-23)15-24(13-17(21)14-25)19-5-2-6-19/h1,3-4,11,17,19,25H,2,5-10,12-15H2. The van der Waals surface area contributed by atoms with Gasteiger partial charge in [0.2, 0.25) is 5.91 Å². The van der Waals surface area contributed by atoms with Gasteiger partial charge in [0.05, 0.1) is 6.42 Å². The predicted octanol–water partition coefficient (Wildman–Crippen LogP) is 2.97. The van der Waals surface area contributed by atoms with Gasteiger partial charge in [-0.05, 0) is 48.8 Å². The highest BCUT2D eigenvalue weighted by Crippen LogP contribution is 2.46. The molecule has 1 atom stereocenters. The van der Waals surface area contributed by atoms with Crippen LogP contribution in [0.2, 0.25) is 5.02 Å². The zero-order valence-electron chi connectivity index (χ0n) is 15.4. The summed E-state index contributed by atoms with van der Waals surface area (Å²) >= 11 is 6.03. The first-order valence-corrected chi connectivity index (χ1v) is 10.3. The number of nitrogens with zero attached hydrogens (tertiary/aromatic N) is 2. The number of aliphatic hydroxyl groups excluding tert-OH is 1. The van der Waals surface area contributed by atoms with Crippen molar-refractivity contribution in [3.05, 3.63) is 34.9 Å².